The summed E-state index contributed by atoms with van der Waals surface area (Å²) in [6, 6.07) is 17.2. The molecule has 1 fully saturated rings. The number of ether oxygens (including phenoxy) is 2. The van der Waals surface area contributed by atoms with E-state index in [0.29, 0.717) is 31.2 Å². The number of hydrogen-bond donors (Lipinski definition) is 0. The fourth-order valence-electron chi connectivity index (χ4n) is 4.50. The van der Waals surface area contributed by atoms with E-state index in [9.17, 15) is 4.79 Å². The lowest BCUT2D eigenvalue weighted by atomic mass is 9.85. The Labute approximate surface area is 175 Å². The van der Waals surface area contributed by atoms with Crippen LogP contribution in [0.4, 0.5) is 0 Å². The zero-order chi connectivity index (χ0) is 20.5. The molecule has 0 N–H and O–H groups in total. The Balaban J connectivity index is 1.44. The normalized spacial score (nSPS) is 22.0. The quantitative estimate of drug-likeness (QED) is 0.667. The summed E-state index contributed by atoms with van der Waals surface area (Å²) in [7, 11) is 0. The van der Waals surface area contributed by atoms with Gasteiger partial charge >= 0.3 is 0 Å². The van der Waals surface area contributed by atoms with E-state index in [1.165, 1.54) is 0 Å². The highest BCUT2D eigenvalue weighted by atomic mass is 16.5. The zero-order valence-corrected chi connectivity index (χ0v) is 16.8. The smallest absolute Gasteiger partial charge is 0.254 e. The van der Waals surface area contributed by atoms with E-state index in [0.717, 1.165) is 17.0 Å². The maximum Gasteiger partial charge on any atom is 0.254 e. The number of aromatic nitrogens is 2. The predicted molar refractivity (Wildman–Crippen MR) is 111 cm³/mol. The average Bonchev–Trinajstić information content (AvgIpc) is 3.17. The first-order valence-corrected chi connectivity index (χ1v) is 10.2. The van der Waals surface area contributed by atoms with E-state index in [2.05, 4.69) is 16.0 Å². The van der Waals surface area contributed by atoms with Crippen LogP contribution < -0.4 is 9.47 Å². The molecule has 0 spiro atoms. The van der Waals surface area contributed by atoms with Gasteiger partial charge in [0.1, 0.15) is 5.75 Å². The number of pyridine rings is 2. The van der Waals surface area contributed by atoms with Crippen molar-refractivity contribution in [3.8, 4) is 11.6 Å². The third-order valence-corrected chi connectivity index (χ3v) is 5.94. The van der Waals surface area contributed by atoms with Crippen LogP contribution in [-0.4, -0.2) is 40.5 Å². The lowest BCUT2D eigenvalue weighted by Gasteiger charge is -2.34. The summed E-state index contributed by atoms with van der Waals surface area (Å²) >= 11 is 0. The Morgan fingerprint density at radius 2 is 1.97 bits per heavy atom. The number of benzene rings is 1. The van der Waals surface area contributed by atoms with Crippen molar-refractivity contribution in [2.75, 3.05) is 19.8 Å². The highest BCUT2D eigenvalue weighted by Gasteiger charge is 2.48. The molecule has 0 aliphatic carbocycles. The van der Waals surface area contributed by atoms with Gasteiger partial charge in [-0.3, -0.25) is 9.78 Å². The number of hydrogen-bond acceptors (Lipinski definition) is 5. The second-order valence-electron chi connectivity index (χ2n) is 7.84. The summed E-state index contributed by atoms with van der Waals surface area (Å²) in [6.07, 6.45) is 3.31. The van der Waals surface area contributed by atoms with Gasteiger partial charge in [0.2, 0.25) is 5.88 Å². The van der Waals surface area contributed by atoms with Gasteiger partial charge in [-0.15, -0.1) is 0 Å². The van der Waals surface area contributed by atoms with Crippen molar-refractivity contribution < 1.29 is 14.3 Å². The second-order valence-corrected chi connectivity index (χ2v) is 7.84. The number of likely N-dealkylation sites (tertiary alicyclic amines) is 1. The maximum atomic E-state index is 13.4. The zero-order valence-electron chi connectivity index (χ0n) is 16.8. The lowest BCUT2D eigenvalue weighted by molar-refractivity contribution is 0.0674. The molecule has 6 heteroatoms. The Morgan fingerprint density at radius 1 is 1.13 bits per heavy atom. The molecule has 2 aliphatic heterocycles. The molecule has 6 nitrogen and oxygen atoms in total. The first kappa shape index (κ1) is 18.6. The number of carbonyl (C=O) groups excluding carboxylic acids is 1. The summed E-state index contributed by atoms with van der Waals surface area (Å²) in [4.78, 5) is 23.8. The SMILES string of the molecule is Cc1cccc(OC[C@@H]2CN(C(=O)c3ccncc3)[C@H]3c4ccccc4OC[C@@H]23)n1. The number of para-hydroxylation sites is 1. The minimum absolute atomic E-state index is 0.0142. The molecule has 5 rings (SSSR count). The maximum absolute atomic E-state index is 13.4. The first-order chi connectivity index (χ1) is 14.7. The topological polar surface area (TPSA) is 64.5 Å². The fourth-order valence-corrected chi connectivity index (χ4v) is 4.50. The minimum Gasteiger partial charge on any atom is -0.493 e. The number of rotatable bonds is 4. The van der Waals surface area contributed by atoms with Crippen molar-refractivity contribution in [2.24, 2.45) is 11.8 Å². The standard InChI is InChI=1S/C24H23N3O3/c1-16-5-4-8-22(26-16)30-14-18-13-27(24(28)17-9-11-25-12-10-17)23-19-6-2-3-7-21(19)29-15-20(18)23/h2-12,18,20,23H,13-15H2,1H3/t18-,20-,23-/m0/s1. The number of fused-ring (bicyclic) bond motifs is 3. The third-order valence-electron chi connectivity index (χ3n) is 5.94. The van der Waals surface area contributed by atoms with Crippen molar-refractivity contribution in [1.82, 2.24) is 14.9 Å². The van der Waals surface area contributed by atoms with E-state index >= 15 is 0 Å². The Kier molecular flexibility index (Phi) is 4.83. The molecule has 0 radical (unpaired) electrons. The van der Waals surface area contributed by atoms with Crippen molar-refractivity contribution in [3.05, 3.63) is 83.8 Å². The number of carbonyl (C=O) groups is 1. The second kappa shape index (κ2) is 7.78. The Morgan fingerprint density at radius 3 is 2.80 bits per heavy atom. The van der Waals surface area contributed by atoms with Gasteiger partial charge in [0.25, 0.3) is 5.91 Å². The van der Waals surface area contributed by atoms with Gasteiger partial charge in [0, 0.05) is 53.7 Å². The Bertz CT molecular complexity index is 1060. The number of aryl methyl sites for hydroxylation is 1. The molecular weight excluding hydrogens is 378 g/mol. The van der Waals surface area contributed by atoms with Gasteiger partial charge in [-0.2, -0.15) is 0 Å². The third kappa shape index (κ3) is 3.38. The molecule has 1 amide bonds. The van der Waals surface area contributed by atoms with E-state index in [1.54, 1.807) is 24.5 Å². The summed E-state index contributed by atoms with van der Waals surface area (Å²) in [5.74, 6) is 1.79. The molecule has 0 unspecified atom stereocenters. The van der Waals surface area contributed by atoms with E-state index in [-0.39, 0.29) is 23.8 Å². The van der Waals surface area contributed by atoms with Crippen LogP contribution in [0.5, 0.6) is 11.6 Å². The van der Waals surface area contributed by atoms with Crippen LogP contribution in [0.15, 0.2) is 67.0 Å². The van der Waals surface area contributed by atoms with Gasteiger partial charge < -0.3 is 14.4 Å². The van der Waals surface area contributed by atoms with Crippen LogP contribution in [-0.2, 0) is 0 Å². The van der Waals surface area contributed by atoms with E-state index < -0.39 is 0 Å². The van der Waals surface area contributed by atoms with E-state index in [4.69, 9.17) is 9.47 Å². The van der Waals surface area contributed by atoms with Crippen LogP contribution in [0.3, 0.4) is 0 Å². The largest absolute Gasteiger partial charge is 0.493 e. The van der Waals surface area contributed by atoms with Crippen molar-refractivity contribution in [2.45, 2.75) is 13.0 Å². The van der Waals surface area contributed by atoms with Gasteiger partial charge in [0.15, 0.2) is 0 Å². The predicted octanol–water partition coefficient (Wildman–Crippen LogP) is 3.69. The van der Waals surface area contributed by atoms with Gasteiger partial charge in [-0.05, 0) is 31.2 Å². The highest BCUT2D eigenvalue weighted by Crippen LogP contribution is 2.47. The molecular formula is C24H23N3O3. The van der Waals surface area contributed by atoms with Gasteiger partial charge in [-0.25, -0.2) is 4.98 Å². The molecule has 1 saturated heterocycles. The molecule has 2 aliphatic rings. The van der Waals surface area contributed by atoms with Crippen LogP contribution in [0.25, 0.3) is 0 Å². The molecule has 1 aromatic carbocycles. The average molecular weight is 401 g/mol. The van der Waals surface area contributed by atoms with Crippen LogP contribution in [0, 0.1) is 18.8 Å². The summed E-state index contributed by atoms with van der Waals surface area (Å²) in [6.45, 7) is 3.61. The van der Waals surface area contributed by atoms with Gasteiger partial charge in [0.05, 0.1) is 19.3 Å². The molecule has 3 aromatic rings. The summed E-state index contributed by atoms with van der Waals surface area (Å²) in [5, 5.41) is 0. The molecule has 0 bridgehead atoms. The minimum atomic E-state index is -0.0327. The van der Waals surface area contributed by atoms with Crippen molar-refractivity contribution in [3.63, 3.8) is 0 Å². The number of nitrogens with zero attached hydrogens (tertiary/aromatic N) is 3. The van der Waals surface area contributed by atoms with Crippen LogP contribution in [0.1, 0.15) is 27.7 Å². The number of amides is 1. The van der Waals surface area contributed by atoms with Crippen molar-refractivity contribution in [1.29, 1.82) is 0 Å². The molecule has 0 saturated carbocycles. The molecule has 3 atom stereocenters. The Hall–Kier alpha value is -3.41. The highest BCUT2D eigenvalue weighted by molar-refractivity contribution is 5.94. The first-order valence-electron chi connectivity index (χ1n) is 10.2. The van der Waals surface area contributed by atoms with E-state index in [1.807, 2.05) is 48.2 Å². The molecule has 152 valence electrons. The summed E-state index contributed by atoms with van der Waals surface area (Å²) in [5.41, 5.74) is 2.63. The summed E-state index contributed by atoms with van der Waals surface area (Å²) < 4.78 is 12.1. The monoisotopic (exact) mass is 401 g/mol. The lowest BCUT2D eigenvalue weighted by Crippen LogP contribution is -2.35. The molecule has 30 heavy (non-hydrogen) atoms. The molecule has 4 heterocycles. The fraction of sp³-hybridized carbons (Fsp3) is 0.292. The van der Waals surface area contributed by atoms with Crippen LogP contribution >= 0.6 is 0 Å². The van der Waals surface area contributed by atoms with Crippen molar-refractivity contribution >= 4 is 5.91 Å². The van der Waals surface area contributed by atoms with Gasteiger partial charge in [-0.1, -0.05) is 24.3 Å². The van der Waals surface area contributed by atoms with Crippen LogP contribution in [0.2, 0.25) is 0 Å². The molecule has 2 aromatic heterocycles.